The molecule has 1 atom stereocenters. The maximum atomic E-state index is 6.10. The molecule has 0 aromatic carbocycles. The van der Waals surface area contributed by atoms with Crippen LogP contribution < -0.4 is 5.32 Å². The highest BCUT2D eigenvalue weighted by Crippen LogP contribution is 2.41. The van der Waals surface area contributed by atoms with Crippen LogP contribution >= 0.6 is 0 Å². The Kier molecular flexibility index (Phi) is 4.31. The molecular weight excluding hydrogens is 266 g/mol. The smallest absolute Gasteiger partial charge is 0.234 e. The van der Waals surface area contributed by atoms with Gasteiger partial charge in [-0.2, -0.15) is 4.98 Å². The first kappa shape index (κ1) is 15.0. The maximum Gasteiger partial charge on any atom is 0.234 e. The predicted octanol–water partition coefficient (Wildman–Crippen LogP) is 2.91. The summed E-state index contributed by atoms with van der Waals surface area (Å²) >= 11 is 0. The molecule has 118 valence electrons. The lowest BCUT2D eigenvalue weighted by Crippen LogP contribution is -2.34. The van der Waals surface area contributed by atoms with Crippen molar-refractivity contribution in [3.63, 3.8) is 0 Å². The molecule has 1 saturated carbocycles. The van der Waals surface area contributed by atoms with Crippen LogP contribution in [0.4, 0.5) is 0 Å². The molecule has 1 aromatic rings. The van der Waals surface area contributed by atoms with Crippen LogP contribution in [0.5, 0.6) is 0 Å². The van der Waals surface area contributed by atoms with Crippen LogP contribution in [0.3, 0.4) is 0 Å². The van der Waals surface area contributed by atoms with E-state index in [1.54, 1.807) is 0 Å². The Hall–Kier alpha value is -0.940. The summed E-state index contributed by atoms with van der Waals surface area (Å²) in [4.78, 5) is 4.81. The van der Waals surface area contributed by atoms with E-state index in [4.69, 9.17) is 14.2 Å². The molecule has 1 aromatic heterocycles. The lowest BCUT2D eigenvalue weighted by molar-refractivity contribution is -0.0777. The Morgan fingerprint density at radius 3 is 2.62 bits per heavy atom. The zero-order chi connectivity index (χ0) is 14.8. The zero-order valence-electron chi connectivity index (χ0n) is 13.3. The van der Waals surface area contributed by atoms with E-state index >= 15 is 0 Å². The van der Waals surface area contributed by atoms with Crippen LogP contribution in [-0.4, -0.2) is 29.8 Å². The Balaban J connectivity index is 1.88. The lowest BCUT2D eigenvalue weighted by atomic mass is 9.83. The van der Waals surface area contributed by atoms with E-state index in [9.17, 15) is 0 Å². The van der Waals surface area contributed by atoms with Gasteiger partial charge in [0.05, 0.1) is 5.41 Å². The van der Waals surface area contributed by atoms with Crippen molar-refractivity contribution in [3.05, 3.63) is 11.7 Å². The minimum atomic E-state index is -0.310. The number of aromatic nitrogens is 2. The van der Waals surface area contributed by atoms with Gasteiger partial charge in [-0.1, -0.05) is 31.3 Å². The SMILES string of the molecule is CCOC1(c2noc(C3(CC)CCNC3)n2)CCCCC1. The average molecular weight is 293 g/mol. The summed E-state index contributed by atoms with van der Waals surface area (Å²) < 4.78 is 11.8. The standard InChI is InChI=1S/C16H27N3O2/c1-3-15(10-11-17-12-15)14-18-13(19-21-14)16(20-4-2)8-6-5-7-9-16/h17H,3-12H2,1-2H3. The van der Waals surface area contributed by atoms with Gasteiger partial charge < -0.3 is 14.6 Å². The fraction of sp³-hybridized carbons (Fsp3) is 0.875. The fourth-order valence-corrected chi connectivity index (χ4v) is 3.83. The average Bonchev–Trinajstić information content (AvgIpc) is 3.19. The lowest BCUT2D eigenvalue weighted by Gasteiger charge is -2.34. The largest absolute Gasteiger partial charge is 0.367 e. The van der Waals surface area contributed by atoms with Gasteiger partial charge in [0, 0.05) is 13.2 Å². The molecule has 2 heterocycles. The van der Waals surface area contributed by atoms with Crippen molar-refractivity contribution in [2.75, 3.05) is 19.7 Å². The number of nitrogens with zero attached hydrogens (tertiary/aromatic N) is 2. The second kappa shape index (κ2) is 6.05. The highest BCUT2D eigenvalue weighted by atomic mass is 16.5. The number of hydrogen-bond donors (Lipinski definition) is 1. The second-order valence-corrected chi connectivity index (χ2v) is 6.47. The summed E-state index contributed by atoms with van der Waals surface area (Å²) in [6.45, 7) is 6.92. The van der Waals surface area contributed by atoms with Crippen LogP contribution in [0.15, 0.2) is 4.52 Å². The van der Waals surface area contributed by atoms with E-state index in [0.717, 1.165) is 50.5 Å². The van der Waals surface area contributed by atoms with E-state index in [-0.39, 0.29) is 11.0 Å². The fourth-order valence-electron chi connectivity index (χ4n) is 3.83. The van der Waals surface area contributed by atoms with Crippen molar-refractivity contribution in [1.82, 2.24) is 15.5 Å². The van der Waals surface area contributed by atoms with E-state index in [0.29, 0.717) is 6.61 Å². The van der Waals surface area contributed by atoms with Crippen LogP contribution in [0.25, 0.3) is 0 Å². The summed E-state index contributed by atoms with van der Waals surface area (Å²) in [7, 11) is 0. The Morgan fingerprint density at radius 2 is 2.00 bits per heavy atom. The second-order valence-electron chi connectivity index (χ2n) is 6.47. The van der Waals surface area contributed by atoms with E-state index in [1.807, 2.05) is 6.92 Å². The third-order valence-corrected chi connectivity index (χ3v) is 5.29. The van der Waals surface area contributed by atoms with Crippen molar-refractivity contribution in [3.8, 4) is 0 Å². The number of hydrogen-bond acceptors (Lipinski definition) is 5. The highest BCUT2D eigenvalue weighted by molar-refractivity contribution is 5.12. The molecule has 2 aliphatic rings. The first-order valence-corrected chi connectivity index (χ1v) is 8.44. The van der Waals surface area contributed by atoms with E-state index < -0.39 is 0 Å². The van der Waals surface area contributed by atoms with Crippen LogP contribution in [-0.2, 0) is 15.8 Å². The monoisotopic (exact) mass is 293 g/mol. The zero-order valence-corrected chi connectivity index (χ0v) is 13.3. The Morgan fingerprint density at radius 1 is 1.19 bits per heavy atom. The van der Waals surface area contributed by atoms with Crippen molar-refractivity contribution in [2.45, 2.75) is 69.8 Å². The molecule has 2 fully saturated rings. The molecular formula is C16H27N3O2. The molecule has 3 rings (SSSR count). The van der Waals surface area contributed by atoms with Gasteiger partial charge in [0.2, 0.25) is 11.7 Å². The van der Waals surface area contributed by atoms with E-state index in [2.05, 4.69) is 17.4 Å². The molecule has 0 amide bonds. The molecule has 0 radical (unpaired) electrons. The van der Waals surface area contributed by atoms with Gasteiger partial charge in [0.15, 0.2) is 0 Å². The van der Waals surface area contributed by atoms with Gasteiger partial charge >= 0.3 is 0 Å². The summed E-state index contributed by atoms with van der Waals surface area (Å²) in [6, 6.07) is 0. The number of nitrogens with one attached hydrogen (secondary N) is 1. The molecule has 5 heteroatoms. The van der Waals surface area contributed by atoms with Crippen molar-refractivity contribution >= 4 is 0 Å². The summed E-state index contributed by atoms with van der Waals surface area (Å²) in [5, 5.41) is 7.76. The van der Waals surface area contributed by atoms with E-state index in [1.165, 1.54) is 19.3 Å². The minimum Gasteiger partial charge on any atom is -0.367 e. The normalized spacial score (nSPS) is 28.9. The van der Waals surface area contributed by atoms with Crippen molar-refractivity contribution in [2.24, 2.45) is 0 Å². The Bertz CT molecular complexity index is 454. The van der Waals surface area contributed by atoms with Crippen molar-refractivity contribution in [1.29, 1.82) is 0 Å². The summed E-state index contributed by atoms with van der Waals surface area (Å²) in [6.07, 6.45) is 7.78. The molecule has 21 heavy (non-hydrogen) atoms. The number of rotatable bonds is 5. The minimum absolute atomic E-state index is 0.0212. The summed E-state index contributed by atoms with van der Waals surface area (Å²) in [5.74, 6) is 1.58. The van der Waals surface area contributed by atoms with Crippen LogP contribution in [0.1, 0.15) is 70.5 Å². The predicted molar refractivity (Wildman–Crippen MR) is 80.1 cm³/mol. The maximum absolute atomic E-state index is 6.10. The van der Waals surface area contributed by atoms with Crippen LogP contribution in [0.2, 0.25) is 0 Å². The molecule has 1 aliphatic carbocycles. The van der Waals surface area contributed by atoms with Crippen LogP contribution in [0, 0.1) is 0 Å². The first-order valence-electron chi connectivity index (χ1n) is 8.44. The molecule has 5 nitrogen and oxygen atoms in total. The van der Waals surface area contributed by atoms with Gasteiger partial charge in [-0.15, -0.1) is 0 Å². The third-order valence-electron chi connectivity index (χ3n) is 5.29. The van der Waals surface area contributed by atoms with Gasteiger partial charge in [-0.3, -0.25) is 0 Å². The van der Waals surface area contributed by atoms with Crippen molar-refractivity contribution < 1.29 is 9.26 Å². The topological polar surface area (TPSA) is 60.2 Å². The molecule has 0 spiro atoms. The number of ether oxygens (including phenoxy) is 1. The summed E-state index contributed by atoms with van der Waals surface area (Å²) in [5.41, 5.74) is -0.289. The Labute approximate surface area is 126 Å². The van der Waals surface area contributed by atoms with Gasteiger partial charge in [0.1, 0.15) is 5.60 Å². The first-order chi connectivity index (χ1) is 10.2. The molecule has 1 saturated heterocycles. The molecule has 1 aliphatic heterocycles. The van der Waals surface area contributed by atoms with Gasteiger partial charge in [-0.25, -0.2) is 0 Å². The molecule has 1 N–H and O–H groups in total. The van der Waals surface area contributed by atoms with Gasteiger partial charge in [0.25, 0.3) is 0 Å². The van der Waals surface area contributed by atoms with Gasteiger partial charge in [-0.05, 0) is 39.2 Å². The quantitative estimate of drug-likeness (QED) is 0.904. The third kappa shape index (κ3) is 2.61. The molecule has 0 bridgehead atoms. The highest BCUT2D eigenvalue weighted by Gasteiger charge is 2.43. The molecule has 1 unspecified atom stereocenters.